The monoisotopic (exact) mass is 609 g/mol. The molecule has 1 aliphatic carbocycles. The molecule has 12 heteroatoms. The zero-order valence-electron chi connectivity index (χ0n) is 19.6. The molecule has 1 fully saturated rings. The molecule has 0 spiro atoms. The topological polar surface area (TPSA) is 71.1 Å². The first-order chi connectivity index (χ1) is 16.3. The molecule has 0 bridgehead atoms. The molecule has 198 valence electrons. The third-order valence-electron chi connectivity index (χ3n) is 5.98. The molecule has 0 saturated heterocycles. The van der Waals surface area contributed by atoms with Crippen LogP contribution in [0.15, 0.2) is 46.9 Å². The van der Waals surface area contributed by atoms with E-state index in [0.717, 1.165) is 42.4 Å². The average molecular weight is 611 g/mol. The van der Waals surface area contributed by atoms with Gasteiger partial charge in [0.25, 0.3) is 0 Å². The lowest BCUT2D eigenvalue weighted by Crippen LogP contribution is -2.38. The van der Waals surface area contributed by atoms with Gasteiger partial charge in [0.1, 0.15) is 11.6 Å². The Morgan fingerprint density at radius 3 is 2.39 bits per heavy atom. The second-order valence-electron chi connectivity index (χ2n) is 8.36. The summed E-state index contributed by atoms with van der Waals surface area (Å²) in [4.78, 5) is 9.26. The van der Waals surface area contributed by atoms with Crippen molar-refractivity contribution >= 4 is 63.4 Å². The van der Waals surface area contributed by atoms with Crippen LogP contribution in [0.2, 0.25) is 0 Å². The molecule has 1 aliphatic rings. The first kappa shape index (κ1) is 30.2. The van der Waals surface area contributed by atoms with E-state index in [-0.39, 0.29) is 36.6 Å². The van der Waals surface area contributed by atoms with Crippen molar-refractivity contribution in [1.29, 1.82) is 0 Å². The number of benzene rings is 2. The molecule has 0 amide bonds. The molecule has 0 atom stereocenters. The van der Waals surface area contributed by atoms with Crippen molar-refractivity contribution in [2.75, 3.05) is 24.2 Å². The van der Waals surface area contributed by atoms with E-state index in [9.17, 15) is 13.2 Å². The van der Waals surface area contributed by atoms with E-state index < -0.39 is 6.36 Å². The summed E-state index contributed by atoms with van der Waals surface area (Å²) in [5.74, 6) is 1.25. The molecule has 1 aromatic heterocycles. The molecule has 0 unspecified atom stereocenters. The van der Waals surface area contributed by atoms with Gasteiger partial charge in [-0.25, -0.2) is 4.98 Å². The van der Waals surface area contributed by atoms with Crippen LogP contribution in [0.3, 0.4) is 0 Å². The summed E-state index contributed by atoms with van der Waals surface area (Å²) in [7, 11) is 1.85. The second kappa shape index (κ2) is 13.5. The fourth-order valence-electron chi connectivity index (χ4n) is 4.32. The number of halogens is 6. The number of fused-ring (bicyclic) bond motifs is 1. The van der Waals surface area contributed by atoms with Gasteiger partial charge >= 0.3 is 6.36 Å². The fourth-order valence-corrected chi connectivity index (χ4v) is 4.66. The highest BCUT2D eigenvalue weighted by atomic mass is 79.9. The Morgan fingerprint density at radius 1 is 1.00 bits per heavy atom. The SMILES string of the molecule is CNc1nc(NC2CCC(NCCc3ccc(Br)cc3OC(F)(F)F)CC2)nc2ccccc12.Cl.Cl. The number of ether oxygens (including phenoxy) is 1. The predicted octanol–water partition coefficient (Wildman–Crippen LogP) is 6.73. The molecule has 0 aliphatic heterocycles. The van der Waals surface area contributed by atoms with Gasteiger partial charge in [-0.2, -0.15) is 4.98 Å². The number of hydrogen-bond donors (Lipinski definition) is 3. The minimum atomic E-state index is -4.71. The van der Waals surface area contributed by atoms with E-state index in [1.807, 2.05) is 31.3 Å². The van der Waals surface area contributed by atoms with Crippen molar-refractivity contribution in [1.82, 2.24) is 15.3 Å². The van der Waals surface area contributed by atoms with Crippen molar-refractivity contribution in [2.45, 2.75) is 50.6 Å². The first-order valence-corrected chi connectivity index (χ1v) is 12.1. The number of nitrogens with one attached hydrogen (secondary N) is 3. The van der Waals surface area contributed by atoms with Crippen LogP contribution >= 0.6 is 40.7 Å². The average Bonchev–Trinajstić information content (AvgIpc) is 2.80. The largest absolute Gasteiger partial charge is 0.573 e. The normalized spacial score (nSPS) is 17.6. The Balaban J connectivity index is 0.00000228. The number of rotatable bonds is 8. The van der Waals surface area contributed by atoms with Crippen LogP contribution in [-0.4, -0.2) is 42.0 Å². The van der Waals surface area contributed by atoms with Crippen LogP contribution in [0.4, 0.5) is 24.9 Å². The fraction of sp³-hybridized carbons (Fsp3) is 0.417. The lowest BCUT2D eigenvalue weighted by molar-refractivity contribution is -0.274. The van der Waals surface area contributed by atoms with Gasteiger partial charge in [0.2, 0.25) is 5.95 Å². The minimum Gasteiger partial charge on any atom is -0.405 e. The lowest BCUT2D eigenvalue weighted by atomic mass is 9.91. The van der Waals surface area contributed by atoms with Crippen LogP contribution in [0.1, 0.15) is 31.2 Å². The smallest absolute Gasteiger partial charge is 0.405 e. The Kier molecular flexibility index (Phi) is 11.3. The highest BCUT2D eigenvalue weighted by Gasteiger charge is 2.32. The van der Waals surface area contributed by atoms with E-state index >= 15 is 0 Å². The molecular weight excluding hydrogens is 582 g/mol. The Morgan fingerprint density at radius 2 is 1.69 bits per heavy atom. The molecular formula is C24H29BrCl2F3N5O. The van der Waals surface area contributed by atoms with Crippen molar-refractivity contribution < 1.29 is 17.9 Å². The molecule has 2 aromatic carbocycles. The van der Waals surface area contributed by atoms with Crippen molar-refractivity contribution in [3.05, 3.63) is 52.5 Å². The van der Waals surface area contributed by atoms with Gasteiger partial charge in [0.05, 0.1) is 5.52 Å². The number of hydrogen-bond acceptors (Lipinski definition) is 6. The zero-order chi connectivity index (χ0) is 24.1. The molecule has 1 heterocycles. The predicted molar refractivity (Wildman–Crippen MR) is 146 cm³/mol. The van der Waals surface area contributed by atoms with E-state index in [2.05, 4.69) is 46.6 Å². The van der Waals surface area contributed by atoms with Gasteiger partial charge < -0.3 is 20.7 Å². The van der Waals surface area contributed by atoms with Gasteiger partial charge in [0, 0.05) is 29.0 Å². The maximum Gasteiger partial charge on any atom is 0.573 e. The summed E-state index contributed by atoms with van der Waals surface area (Å²) in [6, 6.07) is 13.2. The van der Waals surface area contributed by atoms with E-state index in [1.54, 1.807) is 12.1 Å². The van der Waals surface area contributed by atoms with Crippen LogP contribution in [0, 0.1) is 0 Å². The van der Waals surface area contributed by atoms with Gasteiger partial charge in [-0.3, -0.25) is 0 Å². The van der Waals surface area contributed by atoms with E-state index in [4.69, 9.17) is 0 Å². The molecule has 3 N–H and O–H groups in total. The van der Waals surface area contributed by atoms with Crippen LogP contribution < -0.4 is 20.7 Å². The summed E-state index contributed by atoms with van der Waals surface area (Å²) < 4.78 is 42.9. The number of nitrogens with zero attached hydrogens (tertiary/aromatic N) is 2. The van der Waals surface area contributed by atoms with Gasteiger partial charge in [-0.15, -0.1) is 38.0 Å². The zero-order valence-corrected chi connectivity index (χ0v) is 22.8. The summed E-state index contributed by atoms with van der Waals surface area (Å²) >= 11 is 3.20. The van der Waals surface area contributed by atoms with Crippen LogP contribution in [0.25, 0.3) is 10.9 Å². The summed E-state index contributed by atoms with van der Waals surface area (Å²) in [6.45, 7) is 0.581. The van der Waals surface area contributed by atoms with Crippen molar-refractivity contribution in [2.24, 2.45) is 0 Å². The Bertz CT molecular complexity index is 1130. The molecule has 6 nitrogen and oxygen atoms in total. The van der Waals surface area contributed by atoms with Crippen LogP contribution in [0.5, 0.6) is 5.75 Å². The van der Waals surface area contributed by atoms with Crippen molar-refractivity contribution in [3.63, 3.8) is 0 Å². The summed E-state index contributed by atoms with van der Waals surface area (Å²) in [5.41, 5.74) is 1.42. The number of para-hydroxylation sites is 1. The van der Waals surface area contributed by atoms with Crippen molar-refractivity contribution in [3.8, 4) is 5.75 Å². The van der Waals surface area contributed by atoms with Gasteiger partial charge in [-0.05, 0) is 68.5 Å². The number of anilines is 2. The molecule has 4 rings (SSSR count). The van der Waals surface area contributed by atoms with Crippen LogP contribution in [-0.2, 0) is 6.42 Å². The third-order valence-corrected chi connectivity index (χ3v) is 6.48. The molecule has 1 saturated carbocycles. The highest BCUT2D eigenvalue weighted by Crippen LogP contribution is 2.30. The Labute approximate surface area is 229 Å². The van der Waals surface area contributed by atoms with E-state index in [1.165, 1.54) is 6.07 Å². The molecule has 0 radical (unpaired) electrons. The maximum atomic E-state index is 12.7. The Hall–Kier alpha value is -2.01. The number of aromatic nitrogens is 2. The quantitative estimate of drug-likeness (QED) is 0.263. The number of alkyl halides is 3. The van der Waals surface area contributed by atoms with E-state index in [0.29, 0.717) is 35.0 Å². The minimum absolute atomic E-state index is 0. The first-order valence-electron chi connectivity index (χ1n) is 11.3. The molecule has 36 heavy (non-hydrogen) atoms. The summed E-state index contributed by atoms with van der Waals surface area (Å²) in [5, 5.41) is 11.1. The second-order valence-corrected chi connectivity index (χ2v) is 9.28. The van der Waals surface area contributed by atoms with Gasteiger partial charge in [-0.1, -0.05) is 34.1 Å². The summed E-state index contributed by atoms with van der Waals surface area (Å²) in [6.07, 6.45) is -0.397. The third kappa shape index (κ3) is 8.26. The standard InChI is InChI=1S/C24H27BrF3N5O.2ClH/c1-29-22-19-4-2-3-5-20(19)32-23(33-22)31-18-10-8-17(9-11-18)30-13-12-15-6-7-16(25)14-21(15)34-24(26,27)28;;/h2-7,14,17-18,30H,8-13H2,1H3,(H2,29,31,32,33);2*1H. The molecule has 3 aromatic rings. The van der Waals surface area contributed by atoms with Gasteiger partial charge in [0.15, 0.2) is 0 Å². The highest BCUT2D eigenvalue weighted by molar-refractivity contribution is 9.10. The lowest BCUT2D eigenvalue weighted by Gasteiger charge is -2.30. The maximum absolute atomic E-state index is 12.7.